The van der Waals surface area contributed by atoms with Gasteiger partial charge in [0.05, 0.1) is 11.7 Å². The molecule has 0 aromatic carbocycles. The van der Waals surface area contributed by atoms with Gasteiger partial charge in [0.1, 0.15) is 0 Å². The van der Waals surface area contributed by atoms with Crippen molar-refractivity contribution < 1.29 is 14.7 Å². The second kappa shape index (κ2) is 7.88. The van der Waals surface area contributed by atoms with Crippen LogP contribution < -0.4 is 5.32 Å². The number of hydrogen-bond acceptors (Lipinski definition) is 3. The Balaban J connectivity index is 2.24. The van der Waals surface area contributed by atoms with Gasteiger partial charge in [0.25, 0.3) is 0 Å². The van der Waals surface area contributed by atoms with Crippen LogP contribution >= 0.6 is 11.8 Å². The van der Waals surface area contributed by atoms with E-state index in [2.05, 4.69) is 11.2 Å². The summed E-state index contributed by atoms with van der Waals surface area (Å²) in [6.07, 6.45) is 6.51. The van der Waals surface area contributed by atoms with Crippen molar-refractivity contribution in [1.29, 1.82) is 0 Å². The van der Waals surface area contributed by atoms with Crippen LogP contribution in [0.4, 0.5) is 4.79 Å². The highest BCUT2D eigenvalue weighted by Gasteiger charge is 2.27. The average molecular weight is 270 g/mol. The Morgan fingerprint density at radius 2 is 2.33 bits per heavy atom. The van der Waals surface area contributed by atoms with Crippen molar-refractivity contribution in [1.82, 2.24) is 10.2 Å². The van der Waals surface area contributed by atoms with Crippen LogP contribution in [0.15, 0.2) is 0 Å². The van der Waals surface area contributed by atoms with Gasteiger partial charge in [-0.15, -0.1) is 18.2 Å². The third-order valence-corrected chi connectivity index (χ3v) is 3.63. The average Bonchev–Trinajstić information content (AvgIpc) is 2.38. The van der Waals surface area contributed by atoms with Gasteiger partial charge in [-0.1, -0.05) is 5.92 Å². The van der Waals surface area contributed by atoms with Crippen LogP contribution in [0, 0.1) is 18.3 Å². The Morgan fingerprint density at radius 3 is 3.00 bits per heavy atom. The summed E-state index contributed by atoms with van der Waals surface area (Å²) >= 11 is 1.58. The van der Waals surface area contributed by atoms with Crippen LogP contribution in [0.3, 0.4) is 0 Å². The number of thioether (sulfide) groups is 1. The first kappa shape index (κ1) is 14.7. The lowest BCUT2D eigenvalue weighted by atomic mass is 9.99. The second-order valence-electron chi connectivity index (χ2n) is 4.11. The van der Waals surface area contributed by atoms with E-state index >= 15 is 0 Å². The van der Waals surface area contributed by atoms with Crippen LogP contribution in [0.25, 0.3) is 0 Å². The Labute approximate surface area is 111 Å². The quantitative estimate of drug-likeness (QED) is 0.574. The first-order chi connectivity index (χ1) is 8.65. The molecule has 1 atom stereocenters. The van der Waals surface area contributed by atoms with Crippen molar-refractivity contribution in [3.05, 3.63) is 0 Å². The molecule has 0 spiro atoms. The summed E-state index contributed by atoms with van der Waals surface area (Å²) < 4.78 is 0. The fourth-order valence-corrected chi connectivity index (χ4v) is 2.34. The molecule has 0 aromatic heterocycles. The second-order valence-corrected chi connectivity index (χ2v) is 5.22. The number of aliphatic carboxylic acids is 1. The van der Waals surface area contributed by atoms with Crippen LogP contribution in [0.2, 0.25) is 0 Å². The number of likely N-dealkylation sites (tertiary alicyclic amines) is 1. The van der Waals surface area contributed by atoms with E-state index in [1.54, 1.807) is 16.7 Å². The lowest BCUT2D eigenvalue weighted by Crippen LogP contribution is -2.47. The van der Waals surface area contributed by atoms with E-state index in [4.69, 9.17) is 11.5 Å². The number of nitrogens with one attached hydrogen (secondary N) is 1. The molecule has 0 saturated carbocycles. The van der Waals surface area contributed by atoms with Crippen LogP contribution in [0.1, 0.15) is 12.8 Å². The molecule has 1 rings (SSSR count). The van der Waals surface area contributed by atoms with Crippen LogP contribution in [0.5, 0.6) is 0 Å². The number of urea groups is 1. The first-order valence-corrected chi connectivity index (χ1v) is 7.07. The maximum Gasteiger partial charge on any atom is 0.317 e. The number of terminal acetylenes is 1. The molecule has 1 heterocycles. The lowest BCUT2D eigenvalue weighted by molar-refractivity contribution is -0.143. The summed E-state index contributed by atoms with van der Waals surface area (Å²) in [6.45, 7) is 1.49. The third kappa shape index (κ3) is 4.88. The summed E-state index contributed by atoms with van der Waals surface area (Å²) in [5, 5.41) is 11.7. The van der Waals surface area contributed by atoms with E-state index in [9.17, 15) is 9.59 Å². The maximum absolute atomic E-state index is 11.8. The minimum atomic E-state index is -0.822. The lowest BCUT2D eigenvalue weighted by Gasteiger charge is -2.30. The molecule has 0 unspecified atom stereocenters. The molecule has 0 aromatic rings. The van der Waals surface area contributed by atoms with Crippen molar-refractivity contribution in [2.45, 2.75) is 12.8 Å². The first-order valence-electron chi connectivity index (χ1n) is 5.92. The molecule has 2 amide bonds. The van der Waals surface area contributed by atoms with E-state index < -0.39 is 11.9 Å². The number of carboxylic acids is 1. The normalized spacial score (nSPS) is 19.1. The van der Waals surface area contributed by atoms with E-state index in [1.165, 1.54) is 0 Å². The predicted octanol–water partition coefficient (Wildman–Crippen LogP) is 0.859. The molecule has 1 saturated heterocycles. The highest BCUT2D eigenvalue weighted by Crippen LogP contribution is 2.16. The standard InChI is InChI=1S/C12H18N2O3S/c1-2-7-18-8-5-13-12(17)14-6-3-4-10(9-14)11(15)16/h1,10H,3-9H2,(H,13,17)(H,15,16)/t10-/m0/s1. The smallest absolute Gasteiger partial charge is 0.317 e. The number of piperidine rings is 1. The van der Waals surface area contributed by atoms with Crippen molar-refractivity contribution in [3.8, 4) is 12.3 Å². The summed E-state index contributed by atoms with van der Waals surface area (Å²) in [6, 6.07) is -0.178. The topological polar surface area (TPSA) is 69.6 Å². The molecule has 0 radical (unpaired) electrons. The highest BCUT2D eigenvalue weighted by molar-refractivity contribution is 7.99. The number of carboxylic acid groups (broad SMARTS) is 1. The van der Waals surface area contributed by atoms with Crippen molar-refractivity contribution >= 4 is 23.8 Å². The Hall–Kier alpha value is -1.35. The van der Waals surface area contributed by atoms with Crippen molar-refractivity contribution in [2.75, 3.05) is 31.1 Å². The number of carbonyl (C=O) groups excluding carboxylic acids is 1. The number of rotatable bonds is 5. The largest absolute Gasteiger partial charge is 0.481 e. The molecule has 0 bridgehead atoms. The Morgan fingerprint density at radius 1 is 1.56 bits per heavy atom. The zero-order valence-electron chi connectivity index (χ0n) is 10.2. The fourth-order valence-electron chi connectivity index (χ4n) is 1.84. The predicted molar refractivity (Wildman–Crippen MR) is 71.5 cm³/mol. The van der Waals surface area contributed by atoms with Crippen LogP contribution in [-0.2, 0) is 4.79 Å². The van der Waals surface area contributed by atoms with Gasteiger partial charge in [-0.05, 0) is 12.8 Å². The van der Waals surface area contributed by atoms with E-state index in [0.29, 0.717) is 31.8 Å². The summed E-state index contributed by atoms with van der Waals surface area (Å²) in [5.41, 5.74) is 0. The molecule has 0 aliphatic carbocycles. The van der Waals surface area contributed by atoms with Gasteiger partial charge in [-0.3, -0.25) is 4.79 Å². The number of hydrogen-bond donors (Lipinski definition) is 2. The zero-order chi connectivity index (χ0) is 13.4. The van der Waals surface area contributed by atoms with Crippen molar-refractivity contribution in [3.63, 3.8) is 0 Å². The number of amides is 2. The molecule has 6 heteroatoms. The molecule has 2 N–H and O–H groups in total. The zero-order valence-corrected chi connectivity index (χ0v) is 11.0. The summed E-state index contributed by atoms with van der Waals surface area (Å²) in [7, 11) is 0. The molecule has 100 valence electrons. The van der Waals surface area contributed by atoms with Gasteiger partial charge in [0, 0.05) is 25.4 Å². The Kier molecular flexibility index (Phi) is 6.44. The minimum Gasteiger partial charge on any atom is -0.481 e. The summed E-state index contributed by atoms with van der Waals surface area (Å²) in [4.78, 5) is 24.2. The minimum absolute atomic E-state index is 0.178. The van der Waals surface area contributed by atoms with E-state index in [-0.39, 0.29) is 6.03 Å². The number of nitrogens with zero attached hydrogens (tertiary/aromatic N) is 1. The van der Waals surface area contributed by atoms with Gasteiger partial charge in [-0.2, -0.15) is 0 Å². The monoisotopic (exact) mass is 270 g/mol. The molecular weight excluding hydrogens is 252 g/mol. The SMILES string of the molecule is C#CCSCCNC(=O)N1CCC[C@H](C(=O)O)C1. The Bertz CT molecular complexity index is 341. The van der Waals surface area contributed by atoms with Gasteiger partial charge >= 0.3 is 12.0 Å². The van der Waals surface area contributed by atoms with E-state index in [1.807, 2.05) is 0 Å². The molecular formula is C12H18N2O3S. The van der Waals surface area contributed by atoms with E-state index in [0.717, 1.165) is 12.2 Å². The molecule has 5 nitrogen and oxygen atoms in total. The fraction of sp³-hybridized carbons (Fsp3) is 0.667. The van der Waals surface area contributed by atoms with Crippen molar-refractivity contribution in [2.24, 2.45) is 5.92 Å². The third-order valence-electron chi connectivity index (χ3n) is 2.77. The molecule has 1 aliphatic heterocycles. The van der Waals surface area contributed by atoms with Gasteiger partial charge in [0.15, 0.2) is 0 Å². The molecule has 18 heavy (non-hydrogen) atoms. The molecule has 1 fully saturated rings. The number of carbonyl (C=O) groups is 2. The van der Waals surface area contributed by atoms with Gasteiger partial charge in [-0.25, -0.2) is 4.79 Å². The maximum atomic E-state index is 11.8. The summed E-state index contributed by atoms with van der Waals surface area (Å²) in [5.74, 6) is 2.67. The van der Waals surface area contributed by atoms with Crippen LogP contribution in [-0.4, -0.2) is 53.1 Å². The van der Waals surface area contributed by atoms with Gasteiger partial charge in [0.2, 0.25) is 0 Å². The molecule has 1 aliphatic rings. The highest BCUT2D eigenvalue weighted by atomic mass is 32.2. The van der Waals surface area contributed by atoms with Gasteiger partial charge < -0.3 is 15.3 Å².